The number of benzene rings is 1. The zero-order valence-corrected chi connectivity index (χ0v) is 7.06. The van der Waals surface area contributed by atoms with Crippen molar-refractivity contribution in [2.75, 3.05) is 6.73 Å². The average Bonchev–Trinajstić information content (AvgIpc) is 2.16. The van der Waals surface area contributed by atoms with Crippen LogP contribution in [0.4, 0.5) is 0 Å². The number of carbonyl (C=O) groups excluding carboxylic acids is 1. The predicted molar refractivity (Wildman–Crippen MR) is 46.1 cm³/mol. The second kappa shape index (κ2) is 2.25. The van der Waals surface area contributed by atoms with Gasteiger partial charge in [-0.3, -0.25) is 4.79 Å². The first-order chi connectivity index (χ1) is 6.36. The van der Waals surface area contributed by atoms with Gasteiger partial charge < -0.3 is 9.64 Å². The first-order valence-corrected chi connectivity index (χ1v) is 4.37. The highest BCUT2D eigenvalue weighted by atomic mass is 16.5. The lowest BCUT2D eigenvalue weighted by Gasteiger charge is -2.44. The number of β-lactam (4-membered cyclic amide) rings is 1. The van der Waals surface area contributed by atoms with Gasteiger partial charge in [0.05, 0.1) is 12.5 Å². The number of para-hydroxylation sites is 1. The van der Waals surface area contributed by atoms with E-state index in [4.69, 9.17) is 4.74 Å². The molecule has 2 aliphatic rings. The predicted octanol–water partition coefficient (Wildman–Crippen LogP) is 1.31. The molecule has 3 nitrogen and oxygen atoms in total. The Morgan fingerprint density at radius 1 is 1.38 bits per heavy atom. The third-order valence-electron chi connectivity index (χ3n) is 2.70. The van der Waals surface area contributed by atoms with E-state index in [0.29, 0.717) is 13.2 Å². The zero-order chi connectivity index (χ0) is 8.84. The summed E-state index contributed by atoms with van der Waals surface area (Å²) in [5.74, 6) is 1.12. The van der Waals surface area contributed by atoms with E-state index >= 15 is 0 Å². The second-order valence-electron chi connectivity index (χ2n) is 3.39. The molecule has 1 aromatic carbocycles. The van der Waals surface area contributed by atoms with Crippen molar-refractivity contribution in [1.82, 2.24) is 4.90 Å². The van der Waals surface area contributed by atoms with Gasteiger partial charge in [-0.15, -0.1) is 0 Å². The Balaban J connectivity index is 2.05. The van der Waals surface area contributed by atoms with Crippen molar-refractivity contribution in [3.05, 3.63) is 29.8 Å². The molecular formula is C10H9NO2. The lowest BCUT2D eigenvalue weighted by molar-refractivity contribution is -0.153. The van der Waals surface area contributed by atoms with Crippen LogP contribution in [-0.4, -0.2) is 17.5 Å². The molecule has 3 heteroatoms. The third kappa shape index (κ3) is 0.813. The van der Waals surface area contributed by atoms with E-state index in [1.165, 1.54) is 0 Å². The molecule has 0 aromatic heterocycles. The van der Waals surface area contributed by atoms with Gasteiger partial charge in [-0.1, -0.05) is 18.2 Å². The number of hydrogen-bond donors (Lipinski definition) is 0. The summed E-state index contributed by atoms with van der Waals surface area (Å²) in [4.78, 5) is 12.9. The third-order valence-corrected chi connectivity index (χ3v) is 2.70. The highest BCUT2D eigenvalue weighted by Gasteiger charge is 2.41. The van der Waals surface area contributed by atoms with Crippen LogP contribution in [0.25, 0.3) is 0 Å². The van der Waals surface area contributed by atoms with E-state index in [1.807, 2.05) is 24.3 Å². The fraction of sp³-hybridized carbons (Fsp3) is 0.300. The summed E-state index contributed by atoms with van der Waals surface area (Å²) in [5.41, 5.74) is 1.15. The Bertz CT molecular complexity index is 375. The lowest BCUT2D eigenvalue weighted by Crippen LogP contribution is -2.50. The van der Waals surface area contributed by atoms with E-state index in [2.05, 4.69) is 0 Å². The van der Waals surface area contributed by atoms with E-state index in [9.17, 15) is 4.79 Å². The molecule has 1 amide bonds. The molecule has 1 atom stereocenters. The van der Waals surface area contributed by atoms with Gasteiger partial charge >= 0.3 is 0 Å². The van der Waals surface area contributed by atoms with E-state index in [0.717, 1.165) is 11.3 Å². The van der Waals surface area contributed by atoms with Crippen molar-refractivity contribution in [2.24, 2.45) is 0 Å². The second-order valence-corrected chi connectivity index (χ2v) is 3.39. The quantitative estimate of drug-likeness (QED) is 0.556. The van der Waals surface area contributed by atoms with Crippen molar-refractivity contribution in [3.63, 3.8) is 0 Å². The summed E-state index contributed by atoms with van der Waals surface area (Å²) in [6, 6.07) is 8.19. The van der Waals surface area contributed by atoms with Gasteiger partial charge in [0, 0.05) is 5.56 Å². The van der Waals surface area contributed by atoms with Crippen LogP contribution in [-0.2, 0) is 4.79 Å². The van der Waals surface area contributed by atoms with Crippen molar-refractivity contribution in [3.8, 4) is 5.75 Å². The summed E-state index contributed by atoms with van der Waals surface area (Å²) in [6.45, 7) is 0.417. The van der Waals surface area contributed by atoms with Crippen molar-refractivity contribution in [2.45, 2.75) is 12.5 Å². The van der Waals surface area contributed by atoms with E-state index in [1.54, 1.807) is 4.90 Å². The summed E-state index contributed by atoms with van der Waals surface area (Å²) < 4.78 is 5.43. The van der Waals surface area contributed by atoms with Crippen LogP contribution in [0.2, 0.25) is 0 Å². The first kappa shape index (κ1) is 6.95. The molecule has 0 aliphatic carbocycles. The lowest BCUT2D eigenvalue weighted by atomic mass is 9.93. The van der Waals surface area contributed by atoms with Crippen LogP contribution < -0.4 is 4.74 Å². The molecule has 2 aliphatic heterocycles. The number of nitrogens with zero attached hydrogens (tertiary/aromatic N) is 1. The molecule has 0 radical (unpaired) electrons. The largest absolute Gasteiger partial charge is 0.473 e. The maximum Gasteiger partial charge on any atom is 0.228 e. The Labute approximate surface area is 75.9 Å². The number of rotatable bonds is 0. The molecule has 0 spiro atoms. The van der Waals surface area contributed by atoms with Gasteiger partial charge in [0.25, 0.3) is 0 Å². The summed E-state index contributed by atoms with van der Waals surface area (Å²) in [6.07, 6.45) is 0.639. The number of amides is 1. The number of hydrogen-bond acceptors (Lipinski definition) is 2. The standard InChI is InChI=1S/C10H9NO2/c12-10-5-8-7-3-1-2-4-9(7)13-6-11(8)10/h1-4,8H,5-6H2. The van der Waals surface area contributed by atoms with E-state index < -0.39 is 0 Å². The van der Waals surface area contributed by atoms with Gasteiger partial charge in [-0.05, 0) is 6.07 Å². The summed E-state index contributed by atoms with van der Waals surface area (Å²) in [7, 11) is 0. The molecular weight excluding hydrogens is 166 g/mol. The van der Waals surface area contributed by atoms with Crippen LogP contribution in [0.3, 0.4) is 0 Å². The number of fused-ring (bicyclic) bond motifs is 3. The van der Waals surface area contributed by atoms with E-state index in [-0.39, 0.29) is 11.9 Å². The number of ether oxygens (including phenoxy) is 1. The summed E-state index contributed by atoms with van der Waals surface area (Å²) >= 11 is 0. The smallest absolute Gasteiger partial charge is 0.228 e. The fourth-order valence-corrected chi connectivity index (χ4v) is 1.92. The SMILES string of the molecule is O=C1CC2c3ccccc3OCN12. The van der Waals surface area contributed by atoms with Gasteiger partial charge in [-0.25, -0.2) is 0 Å². The molecule has 66 valence electrons. The zero-order valence-electron chi connectivity index (χ0n) is 7.06. The molecule has 0 saturated carbocycles. The first-order valence-electron chi connectivity index (χ1n) is 4.37. The number of carbonyl (C=O) groups is 1. The Morgan fingerprint density at radius 2 is 2.23 bits per heavy atom. The van der Waals surface area contributed by atoms with Crippen molar-refractivity contribution < 1.29 is 9.53 Å². The van der Waals surface area contributed by atoms with Crippen LogP contribution in [0.1, 0.15) is 18.0 Å². The average molecular weight is 175 g/mol. The minimum Gasteiger partial charge on any atom is -0.473 e. The van der Waals surface area contributed by atoms with Crippen LogP contribution >= 0.6 is 0 Å². The molecule has 0 bridgehead atoms. The van der Waals surface area contributed by atoms with Gasteiger partial charge in [0.15, 0.2) is 6.73 Å². The molecule has 1 fully saturated rings. The highest BCUT2D eigenvalue weighted by molar-refractivity contribution is 5.84. The molecule has 3 rings (SSSR count). The Morgan fingerprint density at radius 3 is 3.08 bits per heavy atom. The Hall–Kier alpha value is -1.51. The maximum atomic E-state index is 11.1. The summed E-state index contributed by atoms with van der Waals surface area (Å²) in [5, 5.41) is 0. The highest BCUT2D eigenvalue weighted by Crippen LogP contribution is 2.41. The van der Waals surface area contributed by atoms with Gasteiger partial charge in [0.2, 0.25) is 5.91 Å². The molecule has 1 unspecified atom stereocenters. The Kier molecular flexibility index (Phi) is 1.20. The molecule has 1 saturated heterocycles. The molecule has 2 heterocycles. The molecule has 13 heavy (non-hydrogen) atoms. The van der Waals surface area contributed by atoms with Crippen LogP contribution in [0.15, 0.2) is 24.3 Å². The monoisotopic (exact) mass is 175 g/mol. The van der Waals surface area contributed by atoms with Gasteiger partial charge in [0.1, 0.15) is 5.75 Å². The maximum absolute atomic E-state index is 11.1. The minimum absolute atomic E-state index is 0.194. The van der Waals surface area contributed by atoms with Crippen molar-refractivity contribution in [1.29, 1.82) is 0 Å². The topological polar surface area (TPSA) is 29.5 Å². The minimum atomic E-state index is 0.194. The molecule has 0 N–H and O–H groups in total. The normalized spacial score (nSPS) is 24.2. The molecule has 1 aromatic rings. The van der Waals surface area contributed by atoms with Crippen molar-refractivity contribution >= 4 is 5.91 Å². The van der Waals surface area contributed by atoms with Gasteiger partial charge in [-0.2, -0.15) is 0 Å². The fourth-order valence-electron chi connectivity index (χ4n) is 1.92. The van der Waals surface area contributed by atoms with Crippen LogP contribution in [0, 0.1) is 0 Å². The van der Waals surface area contributed by atoms with Crippen LogP contribution in [0.5, 0.6) is 5.75 Å².